The normalized spacial score (nSPS) is 15.5. The van der Waals surface area contributed by atoms with Crippen molar-refractivity contribution in [2.24, 2.45) is 0 Å². The molecule has 9 heteroatoms. The SMILES string of the molecule is CCS(=O)(=O)N1CCCN(c2nc(Cc3ccc(Oc4ccc(C)cc4)cc3)ns2)CC1. The maximum absolute atomic E-state index is 12.2. The van der Waals surface area contributed by atoms with Crippen molar-refractivity contribution in [2.45, 2.75) is 26.7 Å². The predicted octanol–water partition coefficient (Wildman–Crippen LogP) is 4.09. The molecule has 7 nitrogen and oxygen atoms in total. The van der Waals surface area contributed by atoms with E-state index >= 15 is 0 Å². The summed E-state index contributed by atoms with van der Waals surface area (Å²) in [6.45, 7) is 6.22. The van der Waals surface area contributed by atoms with Crippen LogP contribution in [0.4, 0.5) is 5.13 Å². The van der Waals surface area contributed by atoms with Crippen LogP contribution in [0, 0.1) is 6.92 Å². The quantitative estimate of drug-likeness (QED) is 0.516. The number of ether oxygens (including phenoxy) is 1. The zero-order valence-corrected chi connectivity index (χ0v) is 20.0. The molecule has 1 aliphatic heterocycles. The molecular weight excluding hydrogens is 444 g/mol. The first kappa shape index (κ1) is 22.7. The van der Waals surface area contributed by atoms with Crippen molar-refractivity contribution in [1.29, 1.82) is 0 Å². The molecule has 0 saturated carbocycles. The first-order valence-electron chi connectivity index (χ1n) is 10.8. The van der Waals surface area contributed by atoms with Crippen LogP contribution in [0.1, 0.15) is 30.3 Å². The molecule has 1 fully saturated rings. The molecule has 32 heavy (non-hydrogen) atoms. The van der Waals surface area contributed by atoms with Crippen LogP contribution in [0.5, 0.6) is 11.5 Å². The number of aromatic nitrogens is 2. The van der Waals surface area contributed by atoms with Gasteiger partial charge in [0.15, 0.2) is 0 Å². The van der Waals surface area contributed by atoms with E-state index in [0.29, 0.717) is 26.1 Å². The van der Waals surface area contributed by atoms with E-state index in [2.05, 4.69) is 16.2 Å². The molecule has 0 unspecified atom stereocenters. The molecule has 2 aromatic carbocycles. The van der Waals surface area contributed by atoms with Gasteiger partial charge in [0.05, 0.1) is 5.75 Å². The molecule has 4 rings (SSSR count). The molecule has 0 radical (unpaired) electrons. The largest absolute Gasteiger partial charge is 0.457 e. The van der Waals surface area contributed by atoms with Crippen LogP contribution in [-0.4, -0.2) is 54.0 Å². The minimum atomic E-state index is -3.15. The monoisotopic (exact) mass is 472 g/mol. The van der Waals surface area contributed by atoms with Crippen molar-refractivity contribution in [2.75, 3.05) is 36.8 Å². The second-order valence-corrected chi connectivity index (χ2v) is 10.9. The fourth-order valence-corrected chi connectivity index (χ4v) is 5.46. The van der Waals surface area contributed by atoms with Gasteiger partial charge in [0.2, 0.25) is 15.2 Å². The first-order chi connectivity index (χ1) is 15.4. The molecule has 1 aromatic heterocycles. The van der Waals surface area contributed by atoms with Crippen LogP contribution in [-0.2, 0) is 16.4 Å². The van der Waals surface area contributed by atoms with Crippen molar-refractivity contribution in [3.05, 3.63) is 65.5 Å². The van der Waals surface area contributed by atoms with Crippen LogP contribution in [0.2, 0.25) is 0 Å². The lowest BCUT2D eigenvalue weighted by Gasteiger charge is -2.20. The van der Waals surface area contributed by atoms with E-state index in [1.165, 1.54) is 17.1 Å². The Kier molecular flexibility index (Phi) is 7.07. The Bertz CT molecular complexity index is 1130. The van der Waals surface area contributed by atoms with Crippen molar-refractivity contribution in [1.82, 2.24) is 13.7 Å². The zero-order valence-electron chi connectivity index (χ0n) is 18.4. The second kappa shape index (κ2) is 9.97. The smallest absolute Gasteiger partial charge is 0.213 e. The average Bonchev–Trinajstić information content (AvgIpc) is 3.10. The molecule has 1 aliphatic rings. The lowest BCUT2D eigenvalue weighted by atomic mass is 10.1. The molecule has 0 atom stereocenters. The van der Waals surface area contributed by atoms with Gasteiger partial charge in [0.25, 0.3) is 0 Å². The lowest BCUT2D eigenvalue weighted by Crippen LogP contribution is -2.36. The summed E-state index contributed by atoms with van der Waals surface area (Å²) in [7, 11) is -3.15. The number of anilines is 1. The molecule has 0 N–H and O–H groups in total. The Balaban J connectivity index is 1.35. The number of benzene rings is 2. The van der Waals surface area contributed by atoms with E-state index in [0.717, 1.165) is 41.0 Å². The second-order valence-electron chi connectivity index (χ2n) is 7.87. The van der Waals surface area contributed by atoms with Gasteiger partial charge in [-0.15, -0.1) is 0 Å². The van der Waals surface area contributed by atoms with Gasteiger partial charge >= 0.3 is 0 Å². The number of sulfonamides is 1. The number of aryl methyl sites for hydroxylation is 1. The van der Waals surface area contributed by atoms with Crippen LogP contribution in [0.25, 0.3) is 0 Å². The third-order valence-electron chi connectivity index (χ3n) is 5.48. The van der Waals surface area contributed by atoms with Gasteiger partial charge in [0, 0.05) is 44.1 Å². The fraction of sp³-hybridized carbons (Fsp3) is 0.391. The van der Waals surface area contributed by atoms with Crippen LogP contribution in [0.3, 0.4) is 0 Å². The molecule has 3 aromatic rings. The summed E-state index contributed by atoms with van der Waals surface area (Å²) in [5, 5.41) is 0.857. The van der Waals surface area contributed by atoms with Crippen molar-refractivity contribution >= 4 is 26.7 Å². The van der Waals surface area contributed by atoms with Gasteiger partial charge < -0.3 is 9.64 Å². The van der Waals surface area contributed by atoms with Gasteiger partial charge in [-0.2, -0.15) is 4.37 Å². The van der Waals surface area contributed by atoms with Gasteiger partial charge in [-0.05, 0) is 50.1 Å². The number of hydrogen-bond donors (Lipinski definition) is 0. The minimum absolute atomic E-state index is 0.144. The van der Waals surface area contributed by atoms with Gasteiger partial charge in [0.1, 0.15) is 17.3 Å². The number of hydrogen-bond acceptors (Lipinski definition) is 7. The molecule has 1 saturated heterocycles. The van der Waals surface area contributed by atoms with Crippen molar-refractivity contribution in [3.8, 4) is 11.5 Å². The molecule has 0 aliphatic carbocycles. The minimum Gasteiger partial charge on any atom is -0.457 e. The summed E-state index contributed by atoms with van der Waals surface area (Å²) >= 11 is 1.38. The molecule has 170 valence electrons. The molecule has 0 bridgehead atoms. The average molecular weight is 473 g/mol. The maximum Gasteiger partial charge on any atom is 0.213 e. The van der Waals surface area contributed by atoms with Gasteiger partial charge in [-0.25, -0.2) is 17.7 Å². The van der Waals surface area contributed by atoms with Crippen LogP contribution < -0.4 is 9.64 Å². The highest BCUT2D eigenvalue weighted by atomic mass is 32.2. The van der Waals surface area contributed by atoms with E-state index in [4.69, 9.17) is 9.72 Å². The highest BCUT2D eigenvalue weighted by molar-refractivity contribution is 7.89. The topological polar surface area (TPSA) is 75.6 Å². The summed E-state index contributed by atoms with van der Waals surface area (Å²) in [5.74, 6) is 2.53. The Labute approximate surface area is 193 Å². The van der Waals surface area contributed by atoms with E-state index < -0.39 is 10.0 Å². The highest BCUT2D eigenvalue weighted by Gasteiger charge is 2.24. The van der Waals surface area contributed by atoms with Crippen LogP contribution in [0.15, 0.2) is 48.5 Å². The van der Waals surface area contributed by atoms with Gasteiger partial charge in [-0.1, -0.05) is 29.8 Å². The summed E-state index contributed by atoms with van der Waals surface area (Å²) in [6.07, 6.45) is 1.43. The van der Waals surface area contributed by atoms with E-state index in [1.807, 2.05) is 48.5 Å². The Morgan fingerprint density at radius 1 is 0.969 bits per heavy atom. The maximum atomic E-state index is 12.2. The molecule has 0 amide bonds. The molecule has 0 spiro atoms. The summed E-state index contributed by atoms with van der Waals surface area (Å²) < 4.78 is 36.4. The number of rotatable bonds is 7. The Morgan fingerprint density at radius 3 is 2.34 bits per heavy atom. The third-order valence-corrected chi connectivity index (χ3v) is 8.18. The third kappa shape index (κ3) is 5.65. The van der Waals surface area contributed by atoms with Crippen molar-refractivity contribution < 1.29 is 13.2 Å². The standard InChI is InChI=1S/C23H28N4O3S2/c1-3-32(28,29)27-14-4-13-26(15-16-27)23-24-22(25-31-23)17-19-7-11-21(12-8-19)30-20-9-5-18(2)6-10-20/h5-12H,3-4,13-17H2,1-2H3. The Morgan fingerprint density at radius 2 is 1.66 bits per heavy atom. The summed E-state index contributed by atoms with van der Waals surface area (Å²) in [6, 6.07) is 16.0. The first-order valence-corrected chi connectivity index (χ1v) is 13.2. The van der Waals surface area contributed by atoms with E-state index in [9.17, 15) is 8.42 Å². The summed E-state index contributed by atoms with van der Waals surface area (Å²) in [5.41, 5.74) is 2.31. The summed E-state index contributed by atoms with van der Waals surface area (Å²) in [4.78, 5) is 6.85. The number of nitrogens with zero attached hydrogens (tertiary/aromatic N) is 4. The lowest BCUT2D eigenvalue weighted by molar-refractivity contribution is 0.434. The highest BCUT2D eigenvalue weighted by Crippen LogP contribution is 2.24. The fourth-order valence-electron chi connectivity index (χ4n) is 3.59. The molecule has 2 heterocycles. The van der Waals surface area contributed by atoms with Crippen molar-refractivity contribution in [3.63, 3.8) is 0 Å². The van der Waals surface area contributed by atoms with E-state index in [1.54, 1.807) is 11.2 Å². The van der Waals surface area contributed by atoms with Gasteiger partial charge in [-0.3, -0.25) is 0 Å². The molecular formula is C23H28N4O3S2. The predicted molar refractivity (Wildman–Crippen MR) is 128 cm³/mol. The van der Waals surface area contributed by atoms with Crippen LogP contribution >= 0.6 is 11.5 Å². The zero-order chi connectivity index (χ0) is 22.6. The Hall–Kier alpha value is -2.49. The van der Waals surface area contributed by atoms with E-state index in [-0.39, 0.29) is 5.75 Å².